The van der Waals surface area contributed by atoms with Crippen molar-refractivity contribution in [3.05, 3.63) is 29.6 Å². The minimum Gasteiger partial charge on any atom is -0.274 e. The van der Waals surface area contributed by atoms with Gasteiger partial charge in [0.05, 0.1) is 4.90 Å². The first kappa shape index (κ1) is 7.57. The number of hydrogen-bond donors (Lipinski definition) is 1. The minimum atomic E-state index is -0.252. The van der Waals surface area contributed by atoms with Crippen LogP contribution in [0.2, 0.25) is 0 Å². The molecule has 1 aromatic carbocycles. The zero-order valence-electron chi connectivity index (χ0n) is 5.60. The highest BCUT2D eigenvalue weighted by molar-refractivity contribution is 7.97. The van der Waals surface area contributed by atoms with Crippen molar-refractivity contribution in [1.29, 1.82) is 0 Å². The van der Waals surface area contributed by atoms with Crippen molar-refractivity contribution in [2.75, 3.05) is 0 Å². The summed E-state index contributed by atoms with van der Waals surface area (Å²) in [7, 11) is 0. The Morgan fingerprint density at radius 2 is 2.20 bits per heavy atom. The van der Waals surface area contributed by atoms with E-state index in [0.717, 1.165) is 17.5 Å². The van der Waals surface area contributed by atoms with Crippen LogP contribution in [-0.2, 0) is 0 Å². The van der Waals surface area contributed by atoms with Crippen LogP contribution in [0.25, 0.3) is 0 Å². The molecule has 0 aliphatic heterocycles. The lowest BCUT2D eigenvalue weighted by Crippen LogP contribution is -1.85. The van der Waals surface area contributed by atoms with Crippen LogP contribution in [0, 0.1) is 12.7 Å². The first-order valence-corrected chi connectivity index (χ1v) is 3.75. The van der Waals surface area contributed by atoms with Crippen LogP contribution in [0.4, 0.5) is 4.39 Å². The monoisotopic (exact) mass is 157 g/mol. The molecule has 1 aromatic rings. The standard InChI is InChI=1S/C7H8FNS/c1-5-2-3-6(8)7(4-5)10-9/h2-4H,9H2,1H3. The maximum absolute atomic E-state index is 12.7. The van der Waals surface area contributed by atoms with Crippen LogP contribution in [0.5, 0.6) is 0 Å². The van der Waals surface area contributed by atoms with Crippen LogP contribution in [0.15, 0.2) is 23.1 Å². The SMILES string of the molecule is Cc1ccc(F)c(SN)c1. The average molecular weight is 157 g/mol. The molecular weight excluding hydrogens is 149 g/mol. The molecule has 0 saturated heterocycles. The number of halogens is 1. The lowest BCUT2D eigenvalue weighted by molar-refractivity contribution is 0.601. The van der Waals surface area contributed by atoms with Crippen LogP contribution in [0.3, 0.4) is 0 Å². The molecule has 0 amide bonds. The van der Waals surface area contributed by atoms with Crippen molar-refractivity contribution < 1.29 is 4.39 Å². The van der Waals surface area contributed by atoms with Gasteiger partial charge in [-0.15, -0.1) is 0 Å². The van der Waals surface area contributed by atoms with Gasteiger partial charge < -0.3 is 0 Å². The fourth-order valence-electron chi connectivity index (χ4n) is 0.701. The van der Waals surface area contributed by atoms with Gasteiger partial charge in [-0.1, -0.05) is 6.07 Å². The van der Waals surface area contributed by atoms with Gasteiger partial charge in [0.25, 0.3) is 0 Å². The Bertz CT molecular complexity index is 237. The number of rotatable bonds is 1. The summed E-state index contributed by atoms with van der Waals surface area (Å²) in [5.41, 5.74) is 1.02. The molecule has 54 valence electrons. The molecule has 0 aromatic heterocycles. The van der Waals surface area contributed by atoms with Crippen LogP contribution >= 0.6 is 11.9 Å². The number of nitrogens with two attached hydrogens (primary N) is 1. The average Bonchev–Trinajstić information content (AvgIpc) is 1.94. The molecule has 1 rings (SSSR count). The highest BCUT2D eigenvalue weighted by Crippen LogP contribution is 2.17. The third-order valence-electron chi connectivity index (χ3n) is 1.21. The summed E-state index contributed by atoms with van der Waals surface area (Å²) in [6.07, 6.45) is 0. The first-order valence-electron chi connectivity index (χ1n) is 2.87. The van der Waals surface area contributed by atoms with E-state index in [1.54, 1.807) is 12.1 Å². The maximum atomic E-state index is 12.7. The number of hydrogen-bond acceptors (Lipinski definition) is 2. The van der Waals surface area contributed by atoms with Crippen molar-refractivity contribution in [1.82, 2.24) is 0 Å². The molecule has 0 atom stereocenters. The second-order valence-electron chi connectivity index (χ2n) is 2.05. The van der Waals surface area contributed by atoms with Gasteiger partial charge in [-0.3, -0.25) is 5.14 Å². The van der Waals surface area contributed by atoms with Crippen molar-refractivity contribution in [3.8, 4) is 0 Å². The Morgan fingerprint density at radius 1 is 1.50 bits per heavy atom. The third kappa shape index (κ3) is 1.49. The maximum Gasteiger partial charge on any atom is 0.138 e. The van der Waals surface area contributed by atoms with Crippen LogP contribution in [0.1, 0.15) is 5.56 Å². The topological polar surface area (TPSA) is 26.0 Å². The Labute approximate surface area is 63.6 Å². The zero-order valence-corrected chi connectivity index (χ0v) is 6.41. The predicted octanol–water partition coefficient (Wildman–Crippen LogP) is 2.10. The van der Waals surface area contributed by atoms with E-state index in [9.17, 15) is 4.39 Å². The van der Waals surface area contributed by atoms with Crippen molar-refractivity contribution in [2.24, 2.45) is 5.14 Å². The summed E-state index contributed by atoms with van der Waals surface area (Å²) in [4.78, 5) is 0.500. The van der Waals surface area contributed by atoms with Gasteiger partial charge in [0, 0.05) is 0 Å². The van der Waals surface area contributed by atoms with E-state index in [-0.39, 0.29) is 5.82 Å². The molecule has 0 spiro atoms. The van der Waals surface area contributed by atoms with E-state index in [0.29, 0.717) is 4.90 Å². The van der Waals surface area contributed by atoms with Gasteiger partial charge in [0.15, 0.2) is 0 Å². The summed E-state index contributed by atoms with van der Waals surface area (Å²) in [6.45, 7) is 1.90. The molecule has 0 saturated carbocycles. The van der Waals surface area contributed by atoms with E-state index in [1.807, 2.05) is 6.92 Å². The fraction of sp³-hybridized carbons (Fsp3) is 0.143. The zero-order chi connectivity index (χ0) is 7.56. The molecule has 0 radical (unpaired) electrons. The van der Waals surface area contributed by atoms with Gasteiger partial charge in [-0.05, 0) is 36.6 Å². The second-order valence-corrected chi connectivity index (χ2v) is 2.73. The summed E-state index contributed by atoms with van der Waals surface area (Å²) in [5, 5.41) is 5.20. The fourth-order valence-corrected chi connectivity index (χ4v) is 1.14. The Kier molecular flexibility index (Phi) is 2.29. The second kappa shape index (κ2) is 3.03. The van der Waals surface area contributed by atoms with Crippen LogP contribution < -0.4 is 5.14 Å². The van der Waals surface area contributed by atoms with Crippen LogP contribution in [-0.4, -0.2) is 0 Å². The first-order chi connectivity index (χ1) is 4.74. The Morgan fingerprint density at radius 3 is 2.70 bits per heavy atom. The Hall–Kier alpha value is -0.540. The number of benzene rings is 1. The predicted molar refractivity (Wildman–Crippen MR) is 41.2 cm³/mol. The molecule has 0 bridgehead atoms. The molecule has 2 N–H and O–H groups in total. The molecule has 0 fully saturated rings. The summed E-state index contributed by atoms with van der Waals surface area (Å²) in [5.74, 6) is -0.252. The Balaban J connectivity index is 3.09. The molecule has 0 aliphatic carbocycles. The van der Waals surface area contributed by atoms with E-state index < -0.39 is 0 Å². The van der Waals surface area contributed by atoms with Crippen molar-refractivity contribution in [3.63, 3.8) is 0 Å². The van der Waals surface area contributed by atoms with Gasteiger partial charge >= 0.3 is 0 Å². The van der Waals surface area contributed by atoms with Gasteiger partial charge in [0.1, 0.15) is 5.82 Å². The largest absolute Gasteiger partial charge is 0.274 e. The van der Waals surface area contributed by atoms with Gasteiger partial charge in [-0.25, -0.2) is 4.39 Å². The van der Waals surface area contributed by atoms with E-state index in [2.05, 4.69) is 0 Å². The summed E-state index contributed by atoms with van der Waals surface area (Å²) < 4.78 is 12.7. The van der Waals surface area contributed by atoms with Crippen molar-refractivity contribution in [2.45, 2.75) is 11.8 Å². The molecular formula is C7H8FNS. The normalized spacial score (nSPS) is 9.90. The summed E-state index contributed by atoms with van der Waals surface area (Å²) in [6, 6.07) is 4.86. The number of aryl methyl sites for hydroxylation is 1. The molecule has 0 aliphatic rings. The molecule has 0 heterocycles. The molecule has 10 heavy (non-hydrogen) atoms. The van der Waals surface area contributed by atoms with E-state index >= 15 is 0 Å². The van der Waals surface area contributed by atoms with Gasteiger partial charge in [0.2, 0.25) is 0 Å². The molecule has 0 unspecified atom stereocenters. The highest BCUT2D eigenvalue weighted by atomic mass is 32.2. The third-order valence-corrected chi connectivity index (χ3v) is 1.78. The van der Waals surface area contributed by atoms with E-state index in [4.69, 9.17) is 5.14 Å². The lowest BCUT2D eigenvalue weighted by atomic mass is 10.2. The quantitative estimate of drug-likeness (QED) is 0.632. The molecule has 1 nitrogen and oxygen atoms in total. The van der Waals surface area contributed by atoms with Crippen molar-refractivity contribution >= 4 is 11.9 Å². The lowest BCUT2D eigenvalue weighted by Gasteiger charge is -1.98. The smallest absolute Gasteiger partial charge is 0.138 e. The summed E-state index contributed by atoms with van der Waals surface area (Å²) >= 11 is 0.935. The molecule has 3 heteroatoms. The minimum absolute atomic E-state index is 0.252. The highest BCUT2D eigenvalue weighted by Gasteiger charge is 1.98. The van der Waals surface area contributed by atoms with Gasteiger partial charge in [-0.2, -0.15) is 0 Å². The van der Waals surface area contributed by atoms with E-state index in [1.165, 1.54) is 6.07 Å².